The Hall–Kier alpha value is -2.30. The van der Waals surface area contributed by atoms with Gasteiger partial charge in [0.25, 0.3) is 5.92 Å². The summed E-state index contributed by atoms with van der Waals surface area (Å²) in [5, 5.41) is 0. The number of nitrogens with zero attached hydrogens (tertiary/aromatic N) is 1. The van der Waals surface area contributed by atoms with Crippen LogP contribution in [0.2, 0.25) is 0 Å². The fourth-order valence-electron chi connectivity index (χ4n) is 3.69. The maximum atomic E-state index is 14.3. The van der Waals surface area contributed by atoms with Crippen molar-refractivity contribution in [1.29, 1.82) is 0 Å². The molecule has 0 saturated carbocycles. The average molecular weight is 375 g/mol. The summed E-state index contributed by atoms with van der Waals surface area (Å²) >= 11 is 0. The van der Waals surface area contributed by atoms with Crippen molar-refractivity contribution in [2.24, 2.45) is 11.8 Å². The molecule has 1 fully saturated rings. The number of rotatable bonds is 4. The molecule has 5 heteroatoms. The number of hydrogen-bond acceptors (Lipinski definition) is 1. The van der Waals surface area contributed by atoms with Gasteiger partial charge in [0.15, 0.2) is 0 Å². The highest BCUT2D eigenvalue weighted by Crippen LogP contribution is 2.40. The first-order chi connectivity index (χ1) is 12.7. The molecule has 0 spiro atoms. The minimum atomic E-state index is -2.89. The maximum Gasteiger partial charge on any atom is 0.269 e. The summed E-state index contributed by atoms with van der Waals surface area (Å²) in [5.41, 5.74) is 2.41. The van der Waals surface area contributed by atoms with E-state index in [0.29, 0.717) is 6.42 Å². The number of benzene rings is 2. The van der Waals surface area contributed by atoms with Crippen molar-refractivity contribution >= 4 is 5.91 Å². The van der Waals surface area contributed by atoms with E-state index in [1.807, 2.05) is 30.3 Å². The van der Waals surface area contributed by atoms with Gasteiger partial charge in [0.05, 0.1) is 6.54 Å². The van der Waals surface area contributed by atoms with Gasteiger partial charge in [-0.2, -0.15) is 0 Å². The van der Waals surface area contributed by atoms with Gasteiger partial charge in [-0.15, -0.1) is 0 Å². The zero-order valence-electron chi connectivity index (χ0n) is 15.8. The van der Waals surface area contributed by atoms with Crippen LogP contribution in [0.3, 0.4) is 0 Å². The molecule has 0 bridgehead atoms. The van der Waals surface area contributed by atoms with Gasteiger partial charge < -0.3 is 4.90 Å². The molecule has 1 aliphatic rings. The third-order valence-corrected chi connectivity index (χ3v) is 5.33. The standard InChI is InChI=1S/C22H24F3NO/c1-14(2)21(27)26-13-22(24,25)15(3)20(26)11-16-6-4-7-17(10-16)18-8-5-9-19(23)12-18/h4-10,12,14-15,20H,11,13H2,1-3H3/t15-,20+/m1/s1. The molecule has 0 unspecified atom stereocenters. The van der Waals surface area contributed by atoms with E-state index in [0.717, 1.165) is 16.7 Å². The molecule has 0 aliphatic carbocycles. The number of likely N-dealkylation sites (tertiary alicyclic amines) is 1. The van der Waals surface area contributed by atoms with Gasteiger partial charge >= 0.3 is 0 Å². The zero-order chi connectivity index (χ0) is 19.8. The smallest absolute Gasteiger partial charge is 0.269 e. The molecular weight excluding hydrogens is 351 g/mol. The third kappa shape index (κ3) is 4.02. The molecule has 144 valence electrons. The lowest BCUT2D eigenvalue weighted by atomic mass is 9.92. The van der Waals surface area contributed by atoms with E-state index in [4.69, 9.17) is 0 Å². The van der Waals surface area contributed by atoms with E-state index < -0.39 is 24.4 Å². The number of alkyl halides is 2. The first kappa shape index (κ1) is 19.5. The van der Waals surface area contributed by atoms with Crippen LogP contribution in [0.5, 0.6) is 0 Å². The molecule has 2 aromatic carbocycles. The summed E-state index contributed by atoms with van der Waals surface area (Å²) < 4.78 is 42.1. The fourth-order valence-corrected chi connectivity index (χ4v) is 3.69. The molecule has 2 nitrogen and oxygen atoms in total. The van der Waals surface area contributed by atoms with E-state index >= 15 is 0 Å². The third-order valence-electron chi connectivity index (χ3n) is 5.33. The lowest BCUT2D eigenvalue weighted by Crippen LogP contribution is -2.41. The molecule has 1 amide bonds. The topological polar surface area (TPSA) is 20.3 Å². The molecule has 1 heterocycles. The molecule has 2 atom stereocenters. The quantitative estimate of drug-likeness (QED) is 0.722. The number of amides is 1. The molecule has 0 radical (unpaired) electrons. The van der Waals surface area contributed by atoms with Gasteiger partial charge in [-0.25, -0.2) is 13.2 Å². The number of halogens is 3. The van der Waals surface area contributed by atoms with Crippen molar-refractivity contribution < 1.29 is 18.0 Å². The predicted molar refractivity (Wildman–Crippen MR) is 100.0 cm³/mol. The highest BCUT2D eigenvalue weighted by atomic mass is 19.3. The Bertz CT molecular complexity index is 834. The van der Waals surface area contributed by atoms with Gasteiger partial charge in [0.1, 0.15) is 5.82 Å². The first-order valence-corrected chi connectivity index (χ1v) is 9.22. The normalized spacial score (nSPS) is 21.7. The molecule has 27 heavy (non-hydrogen) atoms. The largest absolute Gasteiger partial charge is 0.333 e. The average Bonchev–Trinajstić information content (AvgIpc) is 2.85. The number of hydrogen-bond donors (Lipinski definition) is 0. The van der Waals surface area contributed by atoms with Crippen molar-refractivity contribution in [2.45, 2.75) is 39.2 Å². The second-order valence-corrected chi connectivity index (χ2v) is 7.65. The molecule has 1 aliphatic heterocycles. The van der Waals surface area contributed by atoms with Crippen LogP contribution in [-0.4, -0.2) is 29.3 Å². The second kappa shape index (κ2) is 7.37. The highest BCUT2D eigenvalue weighted by Gasteiger charge is 2.53. The Morgan fingerprint density at radius 2 is 1.78 bits per heavy atom. The Morgan fingerprint density at radius 1 is 1.15 bits per heavy atom. The van der Waals surface area contributed by atoms with Crippen molar-refractivity contribution in [3.05, 3.63) is 59.9 Å². The van der Waals surface area contributed by atoms with Gasteiger partial charge in [0, 0.05) is 17.9 Å². The Kier molecular flexibility index (Phi) is 5.31. The van der Waals surface area contributed by atoms with Crippen LogP contribution < -0.4 is 0 Å². The summed E-state index contributed by atoms with van der Waals surface area (Å²) in [7, 11) is 0. The highest BCUT2D eigenvalue weighted by molar-refractivity contribution is 5.79. The van der Waals surface area contributed by atoms with Gasteiger partial charge in [-0.1, -0.05) is 57.2 Å². The van der Waals surface area contributed by atoms with Crippen molar-refractivity contribution in [1.82, 2.24) is 4.90 Å². The minimum Gasteiger partial charge on any atom is -0.333 e. The summed E-state index contributed by atoms with van der Waals surface area (Å²) in [6.07, 6.45) is 0.346. The molecule has 3 rings (SSSR count). The second-order valence-electron chi connectivity index (χ2n) is 7.65. The molecule has 0 aromatic heterocycles. The van der Waals surface area contributed by atoms with Crippen LogP contribution in [0.4, 0.5) is 13.2 Å². The van der Waals surface area contributed by atoms with E-state index in [-0.39, 0.29) is 17.6 Å². The van der Waals surface area contributed by atoms with E-state index in [1.54, 1.807) is 19.9 Å². The predicted octanol–water partition coefficient (Wildman–Crippen LogP) is 5.17. The summed E-state index contributed by atoms with van der Waals surface area (Å²) in [4.78, 5) is 13.8. The Morgan fingerprint density at radius 3 is 2.41 bits per heavy atom. The first-order valence-electron chi connectivity index (χ1n) is 9.22. The van der Waals surface area contributed by atoms with E-state index in [9.17, 15) is 18.0 Å². The van der Waals surface area contributed by atoms with Crippen LogP contribution in [-0.2, 0) is 11.2 Å². The minimum absolute atomic E-state index is 0.245. The van der Waals surface area contributed by atoms with Gasteiger partial charge in [0.2, 0.25) is 5.91 Å². The fraction of sp³-hybridized carbons (Fsp3) is 0.409. The molecule has 2 aromatic rings. The van der Waals surface area contributed by atoms with Crippen LogP contribution in [0.1, 0.15) is 26.3 Å². The van der Waals surface area contributed by atoms with Crippen molar-refractivity contribution in [2.75, 3.05) is 6.54 Å². The van der Waals surface area contributed by atoms with Crippen LogP contribution in [0.15, 0.2) is 48.5 Å². The summed E-state index contributed by atoms with van der Waals surface area (Å²) in [6.45, 7) is 4.43. The lowest BCUT2D eigenvalue weighted by Gasteiger charge is -2.28. The Labute approximate surface area is 158 Å². The monoisotopic (exact) mass is 375 g/mol. The van der Waals surface area contributed by atoms with Gasteiger partial charge in [-0.05, 0) is 35.2 Å². The van der Waals surface area contributed by atoms with Crippen LogP contribution >= 0.6 is 0 Å². The molecule has 0 N–H and O–H groups in total. The number of carbonyl (C=O) groups excluding carboxylic acids is 1. The molecule has 1 saturated heterocycles. The van der Waals surface area contributed by atoms with Crippen molar-refractivity contribution in [3.8, 4) is 11.1 Å². The van der Waals surface area contributed by atoms with Crippen molar-refractivity contribution in [3.63, 3.8) is 0 Å². The Balaban J connectivity index is 1.88. The lowest BCUT2D eigenvalue weighted by molar-refractivity contribution is -0.136. The van der Waals surface area contributed by atoms with Crippen LogP contribution in [0, 0.1) is 17.7 Å². The zero-order valence-corrected chi connectivity index (χ0v) is 15.8. The number of carbonyl (C=O) groups is 1. The SMILES string of the molecule is CC(C)C(=O)N1CC(F)(F)[C@H](C)[C@@H]1Cc1cccc(-c2cccc(F)c2)c1. The summed E-state index contributed by atoms with van der Waals surface area (Å²) in [5.74, 6) is -4.71. The summed E-state index contributed by atoms with van der Waals surface area (Å²) in [6, 6.07) is 13.2. The van der Waals surface area contributed by atoms with Crippen LogP contribution in [0.25, 0.3) is 11.1 Å². The molecular formula is C22H24F3NO. The van der Waals surface area contributed by atoms with E-state index in [1.165, 1.54) is 24.0 Å². The van der Waals surface area contributed by atoms with E-state index in [2.05, 4.69) is 0 Å². The maximum absolute atomic E-state index is 14.3. The van der Waals surface area contributed by atoms with Gasteiger partial charge in [-0.3, -0.25) is 4.79 Å².